The second kappa shape index (κ2) is 6.20. The van der Waals surface area contributed by atoms with Crippen LogP contribution in [0.2, 0.25) is 0 Å². The third-order valence-electron chi connectivity index (χ3n) is 4.05. The molecule has 24 heavy (non-hydrogen) atoms. The van der Waals surface area contributed by atoms with Crippen molar-refractivity contribution >= 4 is 27.8 Å². The minimum Gasteiger partial charge on any atom is -0.297 e. The Morgan fingerprint density at radius 3 is 2.88 bits per heavy atom. The number of carbonyl (C=O) groups is 1. The number of aryl methyl sites for hydroxylation is 1. The van der Waals surface area contributed by atoms with Crippen LogP contribution >= 0.6 is 15.9 Å². The standard InChI is InChI=1S/C16H15BrN6O/c17-11-6-4-10(5-7-11)12-9-13(20-19-12)15(24)18-16-22-21-14-3-1-2-8-23(14)16/h4-7,9H,1-3,8H2,(H,19,20)(H,18,22,24). The van der Waals surface area contributed by atoms with Gasteiger partial charge >= 0.3 is 0 Å². The molecule has 4 rings (SSSR count). The van der Waals surface area contributed by atoms with E-state index in [1.807, 2.05) is 28.8 Å². The lowest BCUT2D eigenvalue weighted by Crippen LogP contribution is -2.19. The van der Waals surface area contributed by atoms with Crippen LogP contribution in [0.25, 0.3) is 11.3 Å². The van der Waals surface area contributed by atoms with Crippen molar-refractivity contribution in [1.29, 1.82) is 0 Å². The Morgan fingerprint density at radius 2 is 2.04 bits per heavy atom. The van der Waals surface area contributed by atoms with Crippen molar-refractivity contribution in [2.24, 2.45) is 0 Å². The van der Waals surface area contributed by atoms with Crippen LogP contribution in [0.1, 0.15) is 29.2 Å². The van der Waals surface area contributed by atoms with E-state index in [-0.39, 0.29) is 5.91 Å². The fourth-order valence-electron chi connectivity index (χ4n) is 2.78. The zero-order valence-electron chi connectivity index (χ0n) is 12.8. The molecule has 2 aromatic heterocycles. The van der Waals surface area contributed by atoms with E-state index in [1.54, 1.807) is 6.07 Å². The largest absolute Gasteiger partial charge is 0.297 e. The molecular weight excluding hydrogens is 372 g/mol. The van der Waals surface area contributed by atoms with E-state index < -0.39 is 0 Å². The molecule has 2 N–H and O–H groups in total. The highest BCUT2D eigenvalue weighted by Gasteiger charge is 2.19. The SMILES string of the molecule is O=C(Nc1nnc2n1CCCC2)c1cc(-c2ccc(Br)cc2)n[nH]1. The monoisotopic (exact) mass is 386 g/mol. The van der Waals surface area contributed by atoms with E-state index in [0.29, 0.717) is 11.6 Å². The van der Waals surface area contributed by atoms with Gasteiger partial charge in [-0.15, -0.1) is 10.2 Å². The van der Waals surface area contributed by atoms with Gasteiger partial charge in [-0.1, -0.05) is 28.1 Å². The molecule has 1 aliphatic rings. The molecule has 0 fully saturated rings. The predicted octanol–water partition coefficient (Wildman–Crippen LogP) is 3.02. The van der Waals surface area contributed by atoms with Crippen LogP contribution in [-0.4, -0.2) is 30.9 Å². The highest BCUT2D eigenvalue weighted by molar-refractivity contribution is 9.10. The number of carbonyl (C=O) groups excluding carboxylic acids is 1. The van der Waals surface area contributed by atoms with E-state index in [0.717, 1.165) is 47.4 Å². The highest BCUT2D eigenvalue weighted by Crippen LogP contribution is 2.21. The topological polar surface area (TPSA) is 88.5 Å². The van der Waals surface area contributed by atoms with Crippen molar-refractivity contribution in [2.75, 3.05) is 5.32 Å². The number of rotatable bonds is 3. The Kier molecular flexibility index (Phi) is 3.89. The summed E-state index contributed by atoms with van der Waals surface area (Å²) >= 11 is 3.40. The number of hydrogen-bond donors (Lipinski definition) is 2. The molecule has 0 aliphatic carbocycles. The first-order valence-corrected chi connectivity index (χ1v) is 8.55. The summed E-state index contributed by atoms with van der Waals surface area (Å²) in [5, 5.41) is 18.0. The molecule has 7 nitrogen and oxygen atoms in total. The number of halogens is 1. The Bertz CT molecular complexity index is 882. The first-order chi connectivity index (χ1) is 11.7. The van der Waals surface area contributed by atoms with E-state index in [9.17, 15) is 4.79 Å². The maximum atomic E-state index is 12.4. The third kappa shape index (κ3) is 2.84. The molecule has 0 saturated heterocycles. The van der Waals surface area contributed by atoms with Crippen molar-refractivity contribution < 1.29 is 4.79 Å². The Labute approximate surface area is 146 Å². The van der Waals surface area contributed by atoms with Crippen molar-refractivity contribution in [2.45, 2.75) is 25.8 Å². The summed E-state index contributed by atoms with van der Waals surface area (Å²) in [4.78, 5) is 12.4. The number of nitrogens with one attached hydrogen (secondary N) is 2. The Hall–Kier alpha value is -2.48. The van der Waals surface area contributed by atoms with Crippen LogP contribution < -0.4 is 5.32 Å². The number of amides is 1. The maximum Gasteiger partial charge on any atom is 0.276 e. The highest BCUT2D eigenvalue weighted by atomic mass is 79.9. The van der Waals surface area contributed by atoms with Gasteiger partial charge in [0.1, 0.15) is 11.5 Å². The molecule has 0 spiro atoms. The van der Waals surface area contributed by atoms with Crippen LogP contribution in [0, 0.1) is 0 Å². The third-order valence-corrected chi connectivity index (χ3v) is 4.58. The zero-order valence-corrected chi connectivity index (χ0v) is 14.4. The summed E-state index contributed by atoms with van der Waals surface area (Å²) in [7, 11) is 0. The number of nitrogens with zero attached hydrogens (tertiary/aromatic N) is 4. The van der Waals surface area contributed by atoms with Crippen LogP contribution in [0.4, 0.5) is 5.95 Å². The normalized spacial score (nSPS) is 13.5. The lowest BCUT2D eigenvalue weighted by molar-refractivity contribution is 0.102. The summed E-state index contributed by atoms with van der Waals surface area (Å²) < 4.78 is 2.96. The molecule has 0 saturated carbocycles. The maximum absolute atomic E-state index is 12.4. The average Bonchev–Trinajstić information content (AvgIpc) is 3.23. The molecule has 0 radical (unpaired) electrons. The number of fused-ring (bicyclic) bond motifs is 1. The van der Waals surface area contributed by atoms with Gasteiger partial charge in [0.15, 0.2) is 0 Å². The molecular formula is C16H15BrN6O. The fourth-order valence-corrected chi connectivity index (χ4v) is 3.04. The number of anilines is 1. The molecule has 122 valence electrons. The average molecular weight is 387 g/mol. The van der Waals surface area contributed by atoms with Gasteiger partial charge in [0.2, 0.25) is 5.95 Å². The number of benzene rings is 1. The van der Waals surface area contributed by atoms with Crippen molar-refractivity contribution in [3.8, 4) is 11.3 Å². The second-order valence-corrected chi connectivity index (χ2v) is 6.59. The van der Waals surface area contributed by atoms with Crippen molar-refractivity contribution in [1.82, 2.24) is 25.0 Å². The lowest BCUT2D eigenvalue weighted by Gasteiger charge is -2.14. The molecule has 1 amide bonds. The van der Waals surface area contributed by atoms with E-state index >= 15 is 0 Å². The van der Waals surface area contributed by atoms with Crippen LogP contribution in [0.3, 0.4) is 0 Å². The molecule has 1 aromatic carbocycles. The van der Waals surface area contributed by atoms with Gasteiger partial charge in [-0.05, 0) is 31.0 Å². The Balaban J connectivity index is 1.53. The Morgan fingerprint density at radius 1 is 1.21 bits per heavy atom. The minimum absolute atomic E-state index is 0.272. The van der Waals surface area contributed by atoms with Gasteiger partial charge in [-0.3, -0.25) is 19.8 Å². The van der Waals surface area contributed by atoms with Crippen molar-refractivity contribution in [3.05, 3.63) is 46.3 Å². The molecule has 0 atom stereocenters. The lowest BCUT2D eigenvalue weighted by atomic mass is 10.1. The minimum atomic E-state index is -0.272. The second-order valence-electron chi connectivity index (χ2n) is 5.68. The molecule has 8 heteroatoms. The molecule has 1 aliphatic heterocycles. The smallest absolute Gasteiger partial charge is 0.276 e. The first-order valence-electron chi connectivity index (χ1n) is 7.75. The van der Waals surface area contributed by atoms with Crippen LogP contribution in [-0.2, 0) is 13.0 Å². The quantitative estimate of drug-likeness (QED) is 0.723. The van der Waals surface area contributed by atoms with Gasteiger partial charge in [0.25, 0.3) is 5.91 Å². The van der Waals surface area contributed by atoms with Gasteiger partial charge in [0.05, 0.1) is 5.69 Å². The van der Waals surface area contributed by atoms with E-state index in [1.165, 1.54) is 0 Å². The van der Waals surface area contributed by atoms with Gasteiger partial charge in [-0.25, -0.2) is 0 Å². The predicted molar refractivity (Wildman–Crippen MR) is 92.6 cm³/mol. The van der Waals surface area contributed by atoms with Crippen LogP contribution in [0.5, 0.6) is 0 Å². The number of H-pyrrole nitrogens is 1. The molecule has 3 heterocycles. The summed E-state index contributed by atoms with van der Waals surface area (Å²) in [5.41, 5.74) is 2.05. The number of aromatic nitrogens is 5. The molecule has 0 unspecified atom stereocenters. The molecule has 0 bridgehead atoms. The summed E-state index contributed by atoms with van der Waals surface area (Å²) in [5.74, 6) is 1.15. The zero-order chi connectivity index (χ0) is 16.5. The van der Waals surface area contributed by atoms with E-state index in [4.69, 9.17) is 0 Å². The molecule has 3 aromatic rings. The van der Waals surface area contributed by atoms with Gasteiger partial charge in [0, 0.05) is 23.0 Å². The summed E-state index contributed by atoms with van der Waals surface area (Å²) in [6, 6.07) is 9.48. The fraction of sp³-hybridized carbons (Fsp3) is 0.250. The summed E-state index contributed by atoms with van der Waals surface area (Å²) in [6.45, 7) is 0.838. The summed E-state index contributed by atoms with van der Waals surface area (Å²) in [6.07, 6.45) is 3.09. The number of hydrogen-bond acceptors (Lipinski definition) is 4. The number of aromatic amines is 1. The van der Waals surface area contributed by atoms with Crippen LogP contribution in [0.15, 0.2) is 34.8 Å². The first kappa shape index (κ1) is 15.1. The van der Waals surface area contributed by atoms with E-state index in [2.05, 4.69) is 41.6 Å². The van der Waals surface area contributed by atoms with Crippen molar-refractivity contribution in [3.63, 3.8) is 0 Å². The van der Waals surface area contributed by atoms with Gasteiger partial charge in [-0.2, -0.15) is 5.10 Å². The van der Waals surface area contributed by atoms with Gasteiger partial charge < -0.3 is 0 Å².